The number of fused-ring (bicyclic) bond motifs is 1. The summed E-state index contributed by atoms with van der Waals surface area (Å²) in [4.78, 5) is 32.7. The Morgan fingerprint density at radius 2 is 2.08 bits per heavy atom. The first-order chi connectivity index (χ1) is 12.3. The lowest BCUT2D eigenvalue weighted by atomic mass is 10.1. The van der Waals surface area contributed by atoms with E-state index >= 15 is 0 Å². The summed E-state index contributed by atoms with van der Waals surface area (Å²) in [6.45, 7) is 3.75. The van der Waals surface area contributed by atoms with E-state index in [1.165, 1.54) is 0 Å². The molecule has 0 spiro atoms. The van der Waals surface area contributed by atoms with Gasteiger partial charge in [0.25, 0.3) is 5.91 Å². The zero-order chi connectivity index (χ0) is 19.0. The van der Waals surface area contributed by atoms with Crippen LogP contribution in [0.1, 0.15) is 35.9 Å². The summed E-state index contributed by atoms with van der Waals surface area (Å²) in [6, 6.07) is 8.45. The molecule has 0 aliphatic carbocycles. The number of carbonyl (C=O) groups excluding carboxylic acids is 2. The van der Waals surface area contributed by atoms with Crippen LogP contribution in [-0.2, 0) is 4.79 Å². The van der Waals surface area contributed by atoms with Crippen LogP contribution in [0, 0.1) is 0 Å². The van der Waals surface area contributed by atoms with Crippen molar-refractivity contribution in [2.24, 2.45) is 0 Å². The number of aromatic nitrogens is 1. The van der Waals surface area contributed by atoms with Crippen molar-refractivity contribution in [2.75, 3.05) is 24.3 Å². The van der Waals surface area contributed by atoms with Gasteiger partial charge in [-0.2, -0.15) is 0 Å². The van der Waals surface area contributed by atoms with Crippen molar-refractivity contribution in [2.45, 2.75) is 25.9 Å². The van der Waals surface area contributed by atoms with Crippen molar-refractivity contribution in [3.05, 3.63) is 52.8 Å². The number of nitrogens with one attached hydrogen (secondary N) is 1. The first-order valence-electron chi connectivity index (χ1n) is 8.36. The van der Waals surface area contributed by atoms with Gasteiger partial charge in [0.2, 0.25) is 5.91 Å². The molecule has 0 saturated carbocycles. The molecule has 7 heteroatoms. The molecular weight excluding hydrogens is 352 g/mol. The number of hydrogen-bond donors (Lipinski definition) is 1. The van der Waals surface area contributed by atoms with Crippen LogP contribution in [0.5, 0.6) is 0 Å². The molecule has 0 bridgehead atoms. The molecule has 3 rings (SSSR count). The fourth-order valence-electron chi connectivity index (χ4n) is 2.91. The highest BCUT2D eigenvalue weighted by molar-refractivity contribution is 6.30. The van der Waals surface area contributed by atoms with Crippen LogP contribution in [0.15, 0.2) is 36.5 Å². The highest BCUT2D eigenvalue weighted by atomic mass is 35.5. The summed E-state index contributed by atoms with van der Waals surface area (Å²) in [7, 11) is 3.60. The van der Waals surface area contributed by atoms with Crippen LogP contribution >= 0.6 is 11.6 Å². The molecule has 1 N–H and O–H groups in total. The summed E-state index contributed by atoms with van der Waals surface area (Å²) >= 11 is 5.87. The van der Waals surface area contributed by atoms with E-state index in [9.17, 15) is 9.59 Å². The molecule has 0 fully saturated rings. The van der Waals surface area contributed by atoms with Gasteiger partial charge >= 0.3 is 0 Å². The van der Waals surface area contributed by atoms with E-state index in [2.05, 4.69) is 10.3 Å². The number of rotatable bonds is 3. The lowest BCUT2D eigenvalue weighted by Crippen LogP contribution is -2.44. The average molecular weight is 373 g/mol. The van der Waals surface area contributed by atoms with Crippen LogP contribution in [0.3, 0.4) is 0 Å². The monoisotopic (exact) mass is 372 g/mol. The molecule has 2 amide bonds. The maximum atomic E-state index is 12.9. The minimum Gasteiger partial charge on any atom is -0.361 e. The number of halogens is 1. The Bertz CT molecular complexity index is 853. The third-order valence-electron chi connectivity index (χ3n) is 4.92. The number of pyridine rings is 1. The molecule has 0 radical (unpaired) electrons. The summed E-state index contributed by atoms with van der Waals surface area (Å²) in [5.41, 5.74) is 2.80. The molecule has 2 unspecified atom stereocenters. The topological polar surface area (TPSA) is 65.5 Å². The van der Waals surface area contributed by atoms with Crippen LogP contribution in [0.2, 0.25) is 5.02 Å². The molecule has 6 nitrogen and oxygen atoms in total. The average Bonchev–Trinajstić information content (AvgIpc) is 2.64. The maximum Gasteiger partial charge on any atom is 0.254 e. The van der Waals surface area contributed by atoms with E-state index in [0.29, 0.717) is 16.3 Å². The number of carbonyl (C=O) groups is 2. The van der Waals surface area contributed by atoms with E-state index in [1.807, 2.05) is 31.9 Å². The molecule has 136 valence electrons. The lowest BCUT2D eigenvalue weighted by Gasteiger charge is -2.33. The van der Waals surface area contributed by atoms with Gasteiger partial charge in [-0.25, -0.2) is 0 Å². The fourth-order valence-corrected chi connectivity index (χ4v) is 3.02. The molecule has 0 saturated heterocycles. The number of hydrogen-bond acceptors (Lipinski definition) is 4. The van der Waals surface area contributed by atoms with Crippen LogP contribution in [0.25, 0.3) is 0 Å². The first-order valence-corrected chi connectivity index (χ1v) is 8.73. The van der Waals surface area contributed by atoms with Gasteiger partial charge in [0.15, 0.2) is 0 Å². The number of nitrogens with zero attached hydrogens (tertiary/aromatic N) is 3. The van der Waals surface area contributed by atoms with Gasteiger partial charge in [-0.05, 0) is 44.2 Å². The molecule has 26 heavy (non-hydrogen) atoms. The number of anilines is 2. The third kappa shape index (κ3) is 3.24. The molecule has 2 aromatic rings. The van der Waals surface area contributed by atoms with E-state index in [1.54, 1.807) is 42.4 Å². The summed E-state index contributed by atoms with van der Waals surface area (Å²) in [6.07, 6.45) is 1.57. The van der Waals surface area contributed by atoms with Crippen molar-refractivity contribution in [1.29, 1.82) is 0 Å². The molecule has 2 atom stereocenters. The van der Waals surface area contributed by atoms with E-state index < -0.39 is 0 Å². The summed E-state index contributed by atoms with van der Waals surface area (Å²) in [5, 5.41) is 3.42. The second kappa shape index (κ2) is 6.96. The smallest absolute Gasteiger partial charge is 0.254 e. The number of amides is 2. The van der Waals surface area contributed by atoms with Crippen LogP contribution in [-0.4, -0.2) is 41.8 Å². The SMILES string of the molecule is CC(c1ccc(Cl)cn1)N(C)C(=O)c1ccc2c(c1)NC(=O)C(C)N2C. The van der Waals surface area contributed by atoms with Gasteiger partial charge < -0.3 is 15.1 Å². The molecule has 1 aromatic heterocycles. The molecule has 2 heterocycles. The van der Waals surface area contributed by atoms with Crippen molar-refractivity contribution in [3.63, 3.8) is 0 Å². The minimum absolute atomic E-state index is 0.0864. The van der Waals surface area contributed by atoms with Gasteiger partial charge in [0.05, 0.1) is 28.1 Å². The molecule has 1 aromatic carbocycles. The summed E-state index contributed by atoms with van der Waals surface area (Å²) < 4.78 is 0. The Hall–Kier alpha value is -2.60. The largest absolute Gasteiger partial charge is 0.361 e. The van der Waals surface area contributed by atoms with Crippen LogP contribution in [0.4, 0.5) is 11.4 Å². The van der Waals surface area contributed by atoms with Crippen molar-refractivity contribution >= 4 is 34.8 Å². The van der Waals surface area contributed by atoms with E-state index in [4.69, 9.17) is 11.6 Å². The number of likely N-dealkylation sites (N-methyl/N-ethyl adjacent to an activating group) is 1. The molecule has 1 aliphatic heterocycles. The number of benzene rings is 1. The Morgan fingerprint density at radius 1 is 1.35 bits per heavy atom. The highest BCUT2D eigenvalue weighted by Gasteiger charge is 2.28. The van der Waals surface area contributed by atoms with Crippen LogP contribution < -0.4 is 10.2 Å². The zero-order valence-corrected chi connectivity index (χ0v) is 15.9. The second-order valence-corrected chi connectivity index (χ2v) is 6.94. The maximum absolute atomic E-state index is 12.9. The van der Waals surface area contributed by atoms with Gasteiger partial charge in [-0.15, -0.1) is 0 Å². The van der Waals surface area contributed by atoms with E-state index in [0.717, 1.165) is 11.4 Å². The first kappa shape index (κ1) is 18.2. The fraction of sp³-hybridized carbons (Fsp3) is 0.316. The second-order valence-electron chi connectivity index (χ2n) is 6.50. The molecular formula is C19H21ClN4O2. The minimum atomic E-state index is -0.247. The zero-order valence-electron chi connectivity index (χ0n) is 15.2. The lowest BCUT2D eigenvalue weighted by molar-refractivity contribution is -0.117. The Kier molecular flexibility index (Phi) is 4.87. The predicted molar refractivity (Wildman–Crippen MR) is 103 cm³/mol. The van der Waals surface area contributed by atoms with Gasteiger partial charge in [0.1, 0.15) is 6.04 Å². The highest BCUT2D eigenvalue weighted by Crippen LogP contribution is 2.32. The third-order valence-corrected chi connectivity index (χ3v) is 5.14. The summed E-state index contributed by atoms with van der Waals surface area (Å²) in [5.74, 6) is -0.232. The Morgan fingerprint density at radius 3 is 2.73 bits per heavy atom. The van der Waals surface area contributed by atoms with Crippen molar-refractivity contribution < 1.29 is 9.59 Å². The van der Waals surface area contributed by atoms with Gasteiger partial charge in [-0.3, -0.25) is 14.6 Å². The van der Waals surface area contributed by atoms with E-state index in [-0.39, 0.29) is 23.9 Å². The standard InChI is InChI=1S/C19H21ClN4O2/c1-11(15-7-6-14(20)10-21-15)24(4)19(26)13-5-8-17-16(9-13)22-18(25)12(2)23(17)3/h5-12H,1-4H3,(H,22,25). The Labute approximate surface area is 157 Å². The normalized spacial score (nSPS) is 17.3. The van der Waals surface area contributed by atoms with Gasteiger partial charge in [-0.1, -0.05) is 11.6 Å². The quantitative estimate of drug-likeness (QED) is 0.897. The van der Waals surface area contributed by atoms with Crippen molar-refractivity contribution in [1.82, 2.24) is 9.88 Å². The molecule has 1 aliphatic rings. The van der Waals surface area contributed by atoms with Crippen molar-refractivity contribution in [3.8, 4) is 0 Å². The predicted octanol–water partition coefficient (Wildman–Crippen LogP) is 3.35. The Balaban J connectivity index is 1.85. The van der Waals surface area contributed by atoms with Gasteiger partial charge in [0, 0.05) is 25.9 Å².